The van der Waals surface area contributed by atoms with Crippen molar-refractivity contribution in [3.05, 3.63) is 6.42 Å². The molecular weight excluding hydrogens is 454 g/mol. The topological polar surface area (TPSA) is 29.5 Å². The molecule has 0 aromatic heterocycles. The highest BCUT2D eigenvalue weighted by Crippen LogP contribution is 2.14. The van der Waals surface area contributed by atoms with Crippen molar-refractivity contribution in [2.24, 2.45) is 0 Å². The van der Waals surface area contributed by atoms with Crippen LogP contribution in [-0.2, 0) is 9.63 Å². The van der Waals surface area contributed by atoms with Gasteiger partial charge in [0, 0.05) is 19.5 Å². The predicted octanol–water partition coefficient (Wildman–Crippen LogP) is 11.5. The summed E-state index contributed by atoms with van der Waals surface area (Å²) in [6, 6.07) is 0. The number of hydroxylamine groups is 2. The normalized spacial score (nSPS) is 11.5. The lowest BCUT2D eigenvalue weighted by Gasteiger charge is -2.21. The highest BCUT2D eigenvalue weighted by Gasteiger charge is 2.11. The molecule has 3 heteroatoms. The zero-order valence-corrected chi connectivity index (χ0v) is 25.8. The molecule has 3 nitrogen and oxygen atoms in total. The molecule has 0 heterocycles. The van der Waals surface area contributed by atoms with E-state index >= 15 is 0 Å². The Morgan fingerprint density at radius 2 is 0.865 bits per heavy atom. The highest BCUT2D eigenvalue weighted by molar-refractivity contribution is 5.68. The third kappa shape index (κ3) is 29.8. The van der Waals surface area contributed by atoms with Crippen LogP contribution in [0.25, 0.3) is 0 Å². The van der Waals surface area contributed by atoms with Crippen LogP contribution in [0.15, 0.2) is 0 Å². The minimum atomic E-state index is -0.0129. The first-order chi connectivity index (χ1) is 18.2. The van der Waals surface area contributed by atoms with Gasteiger partial charge in [0.15, 0.2) is 0 Å². The third-order valence-corrected chi connectivity index (χ3v) is 7.63. The second-order valence-corrected chi connectivity index (χ2v) is 11.5. The number of hydrogen-bond acceptors (Lipinski definition) is 3. The fraction of sp³-hybridized carbons (Fsp3) is 0.941. The second-order valence-electron chi connectivity index (χ2n) is 11.5. The number of unbranched alkanes of at least 4 members (excludes halogenated alkanes) is 24. The lowest BCUT2D eigenvalue weighted by Crippen LogP contribution is -2.29. The number of carbonyl (C=O) groups is 1. The van der Waals surface area contributed by atoms with E-state index in [1.165, 1.54) is 141 Å². The zero-order chi connectivity index (χ0) is 27.1. The van der Waals surface area contributed by atoms with Crippen LogP contribution in [0, 0.1) is 6.42 Å². The quantitative estimate of drug-likeness (QED) is 0.0669. The summed E-state index contributed by atoms with van der Waals surface area (Å²) in [5, 5.41) is 2.01. The minimum absolute atomic E-state index is 0.0129. The number of rotatable bonds is 31. The van der Waals surface area contributed by atoms with E-state index in [0.717, 1.165) is 38.8 Å². The smallest absolute Gasteiger partial charge is 0.325 e. The van der Waals surface area contributed by atoms with Crippen LogP contribution in [0.2, 0.25) is 0 Å². The molecule has 0 aliphatic rings. The molecule has 0 unspecified atom stereocenters. The summed E-state index contributed by atoms with van der Waals surface area (Å²) < 4.78 is 0. The third-order valence-electron chi connectivity index (χ3n) is 7.63. The van der Waals surface area contributed by atoms with Crippen LogP contribution in [0.4, 0.5) is 0 Å². The fourth-order valence-corrected chi connectivity index (χ4v) is 5.09. The summed E-state index contributed by atoms with van der Waals surface area (Å²) in [6.45, 7) is 8.52. The molecule has 0 rings (SSSR count). The Morgan fingerprint density at radius 1 is 0.514 bits per heavy atom. The standard InChI is InChI=1S/C34H68NO2/c1-4-7-10-13-16-18-20-23-26-29-32-35(33-30-27-24-21-19-17-14-11-8-5-2)37-34(36)31-28-25-22-15-12-9-6-3/h6H,4-5,7-33H2,1-3H3. The van der Waals surface area contributed by atoms with E-state index in [1.807, 2.05) is 5.06 Å². The van der Waals surface area contributed by atoms with Gasteiger partial charge < -0.3 is 4.84 Å². The van der Waals surface area contributed by atoms with E-state index in [4.69, 9.17) is 4.84 Å². The van der Waals surface area contributed by atoms with Crippen molar-refractivity contribution < 1.29 is 9.63 Å². The first-order valence-electron chi connectivity index (χ1n) is 17.0. The van der Waals surface area contributed by atoms with E-state index in [9.17, 15) is 4.79 Å². The molecule has 37 heavy (non-hydrogen) atoms. The molecule has 0 spiro atoms. The van der Waals surface area contributed by atoms with Crippen molar-refractivity contribution in [2.75, 3.05) is 13.1 Å². The van der Waals surface area contributed by atoms with E-state index in [2.05, 4.69) is 27.2 Å². The first-order valence-corrected chi connectivity index (χ1v) is 17.0. The van der Waals surface area contributed by atoms with Crippen LogP contribution >= 0.6 is 0 Å². The van der Waals surface area contributed by atoms with Crippen molar-refractivity contribution in [1.29, 1.82) is 0 Å². The largest absolute Gasteiger partial charge is 0.368 e. The monoisotopic (exact) mass is 523 g/mol. The molecule has 0 aliphatic heterocycles. The Morgan fingerprint density at radius 3 is 1.27 bits per heavy atom. The Balaban J connectivity index is 4.03. The van der Waals surface area contributed by atoms with Crippen molar-refractivity contribution in [3.8, 4) is 0 Å². The van der Waals surface area contributed by atoms with Crippen molar-refractivity contribution in [3.63, 3.8) is 0 Å². The summed E-state index contributed by atoms with van der Waals surface area (Å²) in [4.78, 5) is 18.3. The van der Waals surface area contributed by atoms with Gasteiger partial charge in [0.05, 0.1) is 0 Å². The van der Waals surface area contributed by atoms with Gasteiger partial charge in [-0.15, -0.1) is 5.06 Å². The summed E-state index contributed by atoms with van der Waals surface area (Å²) >= 11 is 0. The van der Waals surface area contributed by atoms with Gasteiger partial charge in [0.25, 0.3) is 0 Å². The number of hydrogen-bond donors (Lipinski definition) is 0. The van der Waals surface area contributed by atoms with Crippen LogP contribution < -0.4 is 0 Å². The molecule has 0 fully saturated rings. The van der Waals surface area contributed by atoms with Crippen LogP contribution in [0.1, 0.15) is 194 Å². The molecule has 0 aliphatic carbocycles. The van der Waals surface area contributed by atoms with Crippen LogP contribution in [0.5, 0.6) is 0 Å². The first kappa shape index (κ1) is 36.4. The summed E-state index contributed by atoms with van der Waals surface area (Å²) in [7, 11) is 0. The molecule has 0 bridgehead atoms. The molecule has 0 N–H and O–H groups in total. The van der Waals surface area contributed by atoms with Crippen LogP contribution in [-0.4, -0.2) is 24.1 Å². The average molecular weight is 523 g/mol. The van der Waals surface area contributed by atoms with E-state index < -0.39 is 0 Å². The van der Waals surface area contributed by atoms with E-state index in [1.54, 1.807) is 0 Å². The van der Waals surface area contributed by atoms with Gasteiger partial charge in [-0.25, -0.2) is 0 Å². The summed E-state index contributed by atoms with van der Waals surface area (Å²) in [5.41, 5.74) is 0. The summed E-state index contributed by atoms with van der Waals surface area (Å²) in [5.74, 6) is -0.0129. The van der Waals surface area contributed by atoms with Crippen molar-refractivity contribution >= 4 is 5.97 Å². The lowest BCUT2D eigenvalue weighted by atomic mass is 10.1. The van der Waals surface area contributed by atoms with Crippen LogP contribution in [0.3, 0.4) is 0 Å². The molecule has 0 atom stereocenters. The molecule has 0 saturated carbocycles. The zero-order valence-electron chi connectivity index (χ0n) is 25.8. The Bertz CT molecular complexity index is 416. The predicted molar refractivity (Wildman–Crippen MR) is 164 cm³/mol. The van der Waals surface area contributed by atoms with Gasteiger partial charge >= 0.3 is 5.97 Å². The molecule has 0 aromatic carbocycles. The van der Waals surface area contributed by atoms with Gasteiger partial charge in [-0.3, -0.25) is 4.79 Å². The SMILES string of the molecule is C[CH]CCCCCCCC(=O)ON(CCCCCCCCCCCC)CCCCCCCCCCCC. The molecule has 0 amide bonds. The molecule has 0 saturated heterocycles. The van der Waals surface area contributed by atoms with Gasteiger partial charge in [-0.1, -0.05) is 168 Å². The number of carbonyl (C=O) groups excluding carboxylic acids is 1. The van der Waals surface area contributed by atoms with Gasteiger partial charge in [-0.05, 0) is 25.7 Å². The maximum absolute atomic E-state index is 12.5. The number of nitrogens with zero attached hydrogens (tertiary/aromatic N) is 1. The Labute approximate surface area is 234 Å². The second kappa shape index (κ2) is 31.6. The lowest BCUT2D eigenvalue weighted by molar-refractivity contribution is -0.191. The maximum Gasteiger partial charge on any atom is 0.325 e. The molecule has 0 aromatic rings. The Kier molecular flexibility index (Phi) is 31.2. The highest BCUT2D eigenvalue weighted by atomic mass is 16.7. The molecule has 221 valence electrons. The Hall–Kier alpha value is -0.570. The van der Waals surface area contributed by atoms with Crippen molar-refractivity contribution in [1.82, 2.24) is 5.06 Å². The van der Waals surface area contributed by atoms with Gasteiger partial charge in [-0.2, -0.15) is 0 Å². The minimum Gasteiger partial charge on any atom is -0.368 e. The average Bonchev–Trinajstić information content (AvgIpc) is 2.90. The molecule has 1 radical (unpaired) electrons. The maximum atomic E-state index is 12.5. The van der Waals surface area contributed by atoms with Gasteiger partial charge in [0.1, 0.15) is 0 Å². The van der Waals surface area contributed by atoms with Gasteiger partial charge in [0.2, 0.25) is 0 Å². The van der Waals surface area contributed by atoms with Crippen molar-refractivity contribution in [2.45, 2.75) is 194 Å². The fourth-order valence-electron chi connectivity index (χ4n) is 5.09. The molecular formula is C34H68NO2. The summed E-state index contributed by atoms with van der Waals surface area (Å²) in [6.07, 6.45) is 36.8. The van der Waals surface area contributed by atoms with E-state index in [-0.39, 0.29) is 5.97 Å². The van der Waals surface area contributed by atoms with E-state index in [0.29, 0.717) is 6.42 Å².